The summed E-state index contributed by atoms with van der Waals surface area (Å²) >= 11 is 2.83. The van der Waals surface area contributed by atoms with Crippen LogP contribution in [0.25, 0.3) is 0 Å². The maximum Gasteiger partial charge on any atom is 0.411 e. The number of aliphatic hydroxyl groups is 5. The Kier molecular flexibility index (Phi) is 25.7. The zero-order chi connectivity index (χ0) is 61.2. The second kappa shape index (κ2) is 31.5. The highest BCUT2D eigenvalue weighted by Crippen LogP contribution is 2.49. The fourth-order valence-electron chi connectivity index (χ4n) is 10.5. The van der Waals surface area contributed by atoms with Crippen LogP contribution in [0.4, 0.5) is 4.79 Å². The van der Waals surface area contributed by atoms with Crippen LogP contribution in [0.5, 0.6) is 17.2 Å². The summed E-state index contributed by atoms with van der Waals surface area (Å²) in [6, 6.07) is -1.27. The Morgan fingerprint density at radius 2 is 1.61 bits per heavy atom. The van der Waals surface area contributed by atoms with E-state index in [-0.39, 0.29) is 71.2 Å². The number of hydroxylamine groups is 1. The van der Waals surface area contributed by atoms with Crippen molar-refractivity contribution in [2.45, 2.75) is 169 Å². The molecule has 4 fully saturated rings. The summed E-state index contributed by atoms with van der Waals surface area (Å²) in [5.41, 5.74) is 1.30. The van der Waals surface area contributed by atoms with Gasteiger partial charge in [-0.15, -0.1) is 0 Å². The van der Waals surface area contributed by atoms with E-state index in [1.165, 1.54) is 64.9 Å². The van der Waals surface area contributed by atoms with Crippen LogP contribution in [0.1, 0.15) is 62.9 Å². The van der Waals surface area contributed by atoms with Gasteiger partial charge >= 0.3 is 6.09 Å². The number of ketones is 1. The number of rotatable bonds is 22. The summed E-state index contributed by atoms with van der Waals surface area (Å²) in [5, 5.41) is 62.7. The van der Waals surface area contributed by atoms with Gasteiger partial charge in [0.25, 0.3) is 0 Å². The molecule has 7 rings (SSSR count). The van der Waals surface area contributed by atoms with E-state index in [9.17, 15) is 39.9 Å². The third-order valence-corrected chi connectivity index (χ3v) is 21.2. The van der Waals surface area contributed by atoms with E-state index in [0.29, 0.717) is 21.4 Å². The molecule has 8 N–H and O–H groups in total. The number of methoxy groups -OCH3 is 5. The number of thioether (sulfide) groups is 1. The number of ether oxygens (including phenoxy) is 12. The molecule has 2 bridgehead atoms. The number of hydrogen-bond acceptors (Lipinski definition) is 27. The summed E-state index contributed by atoms with van der Waals surface area (Å²) in [6.45, 7) is 9.41. The second-order valence-corrected chi connectivity index (χ2v) is 26.7. The van der Waals surface area contributed by atoms with Crippen LogP contribution in [0.2, 0.25) is 0 Å². The number of Topliss-reactive ketones (excluding diaryl/α,β-unsaturated/α-hetero) is 1. The molecule has 4 heterocycles. The predicted molar refractivity (Wildman–Crippen MR) is 320 cm³/mol. The summed E-state index contributed by atoms with van der Waals surface area (Å²) in [7, 11) is 11.3. The second-order valence-electron chi connectivity index (χ2n) is 20.1. The fraction of sp³-hybridized carbons (Fsp3) is 0.655. The van der Waals surface area contributed by atoms with Crippen LogP contribution >= 0.6 is 65.8 Å². The van der Waals surface area contributed by atoms with Crippen molar-refractivity contribution in [3.8, 4) is 40.9 Å². The standard InChI is InChI=1S/C55H74IN3O21S4/c1-12-57-30-24-73-35(22-34(30)68-6)78-48-43(63)40(26(3)75-53(48)77-33-17-15-13-14-16-19-55(67)23-32(61)41(58-54(66)72-10)38(33)29(55)18-20-82-84-81-11)59-80-36-21-31(60)50(28(5)74-36)83-51(65)37-25(2)39(56)46(49(71-9)45(37)69-7)79-52-44(64)47(70-8)42(62)27(4)76-52/h13-14,18,26-28,30-31,33-36,40,42-44,47-48,50,52-53,57,59-60,62-64,67H,12,20-24H2,1-11H3,(H,58,66)/b14-13-,29-18-/t26-,27+,28-,30+,31+,33+,34+,35+,36+,40-,42+,43+,44-,47-,48-,50-,52+,53?,55-/m1/s1. The van der Waals surface area contributed by atoms with Crippen molar-refractivity contribution >= 4 is 82.8 Å². The molecule has 1 aromatic carbocycles. The van der Waals surface area contributed by atoms with Gasteiger partial charge in [-0.05, 0) is 90.6 Å². The van der Waals surface area contributed by atoms with E-state index in [0.717, 1.165) is 18.9 Å². The van der Waals surface area contributed by atoms with Gasteiger partial charge in [0, 0.05) is 44.0 Å². The lowest BCUT2D eigenvalue weighted by Gasteiger charge is -2.46. The Morgan fingerprint density at radius 1 is 0.881 bits per heavy atom. The first-order valence-electron chi connectivity index (χ1n) is 26.9. The Morgan fingerprint density at radius 3 is 2.27 bits per heavy atom. The quantitative estimate of drug-likeness (QED) is 0.0272. The van der Waals surface area contributed by atoms with Gasteiger partial charge in [-0.2, -0.15) is 5.48 Å². The number of hydrogen-bond donors (Lipinski definition) is 8. The van der Waals surface area contributed by atoms with E-state index < -0.39 is 127 Å². The number of fused-ring (bicyclic) bond motifs is 2. The third kappa shape index (κ3) is 15.7. The lowest BCUT2D eigenvalue weighted by Crippen LogP contribution is -2.65. The summed E-state index contributed by atoms with van der Waals surface area (Å²) < 4.78 is 72.5. The topological polar surface area (TPSA) is 308 Å². The molecule has 1 amide bonds. The van der Waals surface area contributed by atoms with Crippen LogP contribution in [0.15, 0.2) is 35.1 Å². The van der Waals surface area contributed by atoms with Gasteiger partial charge in [0.15, 0.2) is 41.8 Å². The Hall–Kier alpha value is -2.94. The zero-order valence-electron chi connectivity index (χ0n) is 48.1. The molecule has 0 radical (unpaired) electrons. The lowest BCUT2D eigenvalue weighted by molar-refractivity contribution is -0.336. The first kappa shape index (κ1) is 68.5. The number of amides is 1. The Bertz CT molecular complexity index is 2710. The minimum absolute atomic E-state index is 0.0155. The van der Waals surface area contributed by atoms with Crippen molar-refractivity contribution in [3.05, 3.63) is 49.8 Å². The van der Waals surface area contributed by atoms with Crippen molar-refractivity contribution in [3.63, 3.8) is 0 Å². The zero-order valence-corrected chi connectivity index (χ0v) is 53.6. The maximum absolute atomic E-state index is 14.4. The highest BCUT2D eigenvalue weighted by Gasteiger charge is 2.52. The fourth-order valence-corrected chi connectivity index (χ4v) is 14.7. The molecule has 0 saturated carbocycles. The molecule has 6 aliphatic rings. The predicted octanol–water partition coefficient (Wildman–Crippen LogP) is 3.20. The molecule has 4 saturated heterocycles. The van der Waals surface area contributed by atoms with Crippen LogP contribution in [0.3, 0.4) is 0 Å². The third-order valence-electron chi connectivity index (χ3n) is 14.8. The van der Waals surface area contributed by atoms with Gasteiger partial charge in [-0.3, -0.25) is 19.7 Å². The first-order valence-corrected chi connectivity index (χ1v) is 32.9. The molecule has 0 aromatic heterocycles. The molecule has 4 aliphatic heterocycles. The van der Waals surface area contributed by atoms with Gasteiger partial charge in [-0.25, -0.2) is 4.79 Å². The van der Waals surface area contributed by atoms with Crippen molar-refractivity contribution in [2.24, 2.45) is 0 Å². The van der Waals surface area contributed by atoms with Gasteiger partial charge in [-0.1, -0.05) is 70.0 Å². The summed E-state index contributed by atoms with van der Waals surface area (Å²) in [5.74, 6) is 11.3. The van der Waals surface area contributed by atoms with Crippen molar-refractivity contribution in [1.82, 2.24) is 16.1 Å². The molecule has 0 spiro atoms. The smallest absolute Gasteiger partial charge is 0.411 e. The molecule has 84 heavy (non-hydrogen) atoms. The van der Waals surface area contributed by atoms with E-state index in [4.69, 9.17) is 61.7 Å². The minimum atomic E-state index is -2.05. The number of carbonyl (C=O) groups is 3. The average molecular weight is 1370 g/mol. The van der Waals surface area contributed by atoms with Crippen LogP contribution < -0.4 is 30.3 Å². The van der Waals surface area contributed by atoms with E-state index >= 15 is 0 Å². The highest BCUT2D eigenvalue weighted by atomic mass is 127. The van der Waals surface area contributed by atoms with E-state index in [2.05, 4.69) is 39.8 Å². The van der Waals surface area contributed by atoms with E-state index in [1.807, 2.05) is 35.8 Å². The van der Waals surface area contributed by atoms with Crippen LogP contribution in [-0.2, 0) is 52.3 Å². The molecule has 466 valence electrons. The molecule has 2 aliphatic carbocycles. The Balaban J connectivity index is 1.12. The van der Waals surface area contributed by atoms with E-state index in [1.54, 1.807) is 40.9 Å². The van der Waals surface area contributed by atoms with Crippen LogP contribution in [-0.4, -0.2) is 218 Å². The monoisotopic (exact) mass is 1370 g/mol. The van der Waals surface area contributed by atoms with Crippen LogP contribution in [0, 0.1) is 34.2 Å². The number of carbonyl (C=O) groups excluding carboxylic acids is 3. The van der Waals surface area contributed by atoms with Gasteiger partial charge in [0.2, 0.25) is 17.2 Å². The number of benzene rings is 1. The first-order chi connectivity index (χ1) is 40.2. The van der Waals surface area contributed by atoms with Crippen molar-refractivity contribution < 1.29 is 102 Å². The average Bonchev–Trinajstić information content (AvgIpc) is 1.36. The number of allylic oxidation sites excluding steroid dienone is 3. The Labute approximate surface area is 517 Å². The minimum Gasteiger partial charge on any atom is -0.492 e. The van der Waals surface area contributed by atoms with Crippen molar-refractivity contribution in [1.29, 1.82) is 0 Å². The van der Waals surface area contributed by atoms with Gasteiger partial charge in [0.1, 0.15) is 36.6 Å². The van der Waals surface area contributed by atoms with Gasteiger partial charge < -0.3 is 87.7 Å². The maximum atomic E-state index is 14.4. The number of alkyl carbamates (subject to hydrolysis) is 1. The van der Waals surface area contributed by atoms with Gasteiger partial charge in [0.05, 0.1) is 97.0 Å². The lowest BCUT2D eigenvalue weighted by atomic mass is 9.75. The largest absolute Gasteiger partial charge is 0.492 e. The number of halogens is 1. The molecule has 19 atom stereocenters. The molecular weight excluding hydrogens is 1290 g/mol. The molecule has 1 unspecified atom stereocenters. The summed E-state index contributed by atoms with van der Waals surface area (Å²) in [4.78, 5) is 47.5. The van der Waals surface area contributed by atoms with Crippen molar-refractivity contribution in [2.75, 3.05) is 60.7 Å². The SMILES string of the molecule is CCN[C@H]1CO[C@@H](O[C@H]2C(O[C@H]3C#C/C=C\C#C[C@@]4(O)CC(=O)C(NC(=O)OC)=C3/C4=C/CSSSC)O[C@H](C)[C@@H](NO[C@H]3C[C@H](O)[C@H](SC(=O)c4c(C)c(I)c(O[C@@H]5O[C@@H](C)[C@H](O)[C@@H](OC)[C@H]5O)c(OC)c4OC)[C@@H](C)O3)[C@@H]2O)C[C@@H]1OC. The molecule has 29 heteroatoms. The molecular formula is C55H74IN3O21S4. The number of aliphatic hydroxyl groups excluding tert-OH is 4. The number of nitrogens with one attached hydrogen (secondary N) is 3. The summed E-state index contributed by atoms with van der Waals surface area (Å²) in [6.07, 6.45) is -11.9. The normalized spacial score (nSPS) is 35.9. The number of likely N-dealkylation sites (N-methyl/N-ethyl adjacent to an activating group) is 1. The molecule has 1 aromatic rings. The molecule has 24 nitrogen and oxygen atoms in total. The highest BCUT2D eigenvalue weighted by molar-refractivity contribution is 14.1.